The molecule has 6 nitrogen and oxygen atoms in total. The van der Waals surface area contributed by atoms with Gasteiger partial charge in [-0.25, -0.2) is 13.6 Å². The Kier molecular flexibility index (Phi) is 6.09. The van der Waals surface area contributed by atoms with E-state index < -0.39 is 23.5 Å². The van der Waals surface area contributed by atoms with Gasteiger partial charge in [-0.15, -0.1) is 0 Å². The molecule has 1 aromatic carbocycles. The summed E-state index contributed by atoms with van der Waals surface area (Å²) in [4.78, 5) is 40.7. The van der Waals surface area contributed by atoms with Crippen LogP contribution in [0, 0.1) is 18.6 Å². The number of hydrogen-bond acceptors (Lipinski definition) is 4. The van der Waals surface area contributed by atoms with E-state index in [0.717, 1.165) is 12.1 Å². The second-order valence-corrected chi connectivity index (χ2v) is 5.94. The van der Waals surface area contributed by atoms with E-state index in [1.54, 1.807) is 13.8 Å². The molecule has 0 aliphatic rings. The molecule has 1 N–H and O–H groups in total. The van der Waals surface area contributed by atoms with Crippen LogP contribution in [0.4, 0.5) is 14.5 Å². The fourth-order valence-electron chi connectivity index (χ4n) is 2.92. The Hall–Kier alpha value is -3.03. The number of benzene rings is 1. The van der Waals surface area contributed by atoms with Crippen LogP contribution in [-0.4, -0.2) is 36.3 Å². The number of esters is 1. The van der Waals surface area contributed by atoms with Gasteiger partial charge in [-0.3, -0.25) is 9.59 Å². The summed E-state index contributed by atoms with van der Waals surface area (Å²) in [7, 11) is 1.20. The normalized spacial score (nSPS) is 10.6. The average Bonchev–Trinajstić information content (AvgIpc) is 2.94. The molecular formula is C19H20F2N2O4. The lowest BCUT2D eigenvalue weighted by Crippen LogP contribution is -2.32. The zero-order valence-electron chi connectivity index (χ0n) is 15.5. The predicted molar refractivity (Wildman–Crippen MR) is 95.0 cm³/mol. The van der Waals surface area contributed by atoms with E-state index >= 15 is 0 Å². The van der Waals surface area contributed by atoms with Crippen LogP contribution in [0.25, 0.3) is 0 Å². The number of anilines is 1. The minimum atomic E-state index is -1.07. The van der Waals surface area contributed by atoms with Gasteiger partial charge in [0.15, 0.2) is 17.4 Å². The number of ether oxygens (including phenoxy) is 1. The maximum Gasteiger partial charge on any atom is 0.339 e. The van der Waals surface area contributed by atoms with E-state index in [1.807, 2.05) is 0 Å². The third-order valence-electron chi connectivity index (χ3n) is 4.23. The number of aromatic nitrogens is 1. The highest BCUT2D eigenvalue weighted by molar-refractivity contribution is 6.02. The molecule has 0 unspecified atom stereocenters. The van der Waals surface area contributed by atoms with Crippen LogP contribution >= 0.6 is 0 Å². The van der Waals surface area contributed by atoms with Gasteiger partial charge in [0.25, 0.3) is 0 Å². The summed E-state index contributed by atoms with van der Waals surface area (Å²) < 4.78 is 31.4. The highest BCUT2D eigenvalue weighted by atomic mass is 19.2. The molecule has 2 rings (SSSR count). The smallest absolute Gasteiger partial charge is 0.339 e. The molecule has 0 saturated heterocycles. The van der Waals surface area contributed by atoms with Crippen molar-refractivity contribution in [1.82, 2.24) is 4.98 Å². The average molecular weight is 378 g/mol. The molecule has 0 bridgehead atoms. The van der Waals surface area contributed by atoms with Crippen molar-refractivity contribution in [3.8, 4) is 0 Å². The highest BCUT2D eigenvalue weighted by Crippen LogP contribution is 2.23. The minimum Gasteiger partial charge on any atom is -0.465 e. The Morgan fingerprint density at radius 1 is 1.19 bits per heavy atom. The molecule has 27 heavy (non-hydrogen) atoms. The van der Waals surface area contributed by atoms with Crippen LogP contribution in [0.3, 0.4) is 0 Å². The van der Waals surface area contributed by atoms with E-state index in [1.165, 1.54) is 25.0 Å². The molecule has 1 heterocycles. The number of likely N-dealkylation sites (N-methyl/N-ethyl adjacent to an activating group) is 1. The Balaban J connectivity index is 2.40. The van der Waals surface area contributed by atoms with Gasteiger partial charge in [0.2, 0.25) is 5.91 Å². The first kappa shape index (κ1) is 20.3. The number of nitrogens with zero attached hydrogens (tertiary/aromatic N) is 1. The molecule has 0 fully saturated rings. The standard InChI is InChI=1S/C19H20F2N2O4/c1-5-23(12-6-7-13(20)14(21)8-12)16(25)9-15-17(19(26)27-4)10(2)18(22-15)11(3)24/h6-8,22H,5,9H2,1-4H3. The van der Waals surface area contributed by atoms with Crippen molar-refractivity contribution in [3.05, 3.63) is 52.3 Å². The van der Waals surface area contributed by atoms with E-state index in [0.29, 0.717) is 5.56 Å². The molecule has 8 heteroatoms. The van der Waals surface area contributed by atoms with Crippen molar-refractivity contribution in [2.75, 3.05) is 18.6 Å². The van der Waals surface area contributed by atoms with Crippen LogP contribution in [-0.2, 0) is 16.0 Å². The van der Waals surface area contributed by atoms with Crippen molar-refractivity contribution < 1.29 is 27.9 Å². The van der Waals surface area contributed by atoms with Gasteiger partial charge in [0.1, 0.15) is 0 Å². The van der Waals surface area contributed by atoms with Gasteiger partial charge in [0.05, 0.1) is 24.8 Å². The lowest BCUT2D eigenvalue weighted by Gasteiger charge is -2.21. The molecule has 144 valence electrons. The molecule has 1 amide bonds. The zero-order chi connectivity index (χ0) is 20.3. The second kappa shape index (κ2) is 8.11. The van der Waals surface area contributed by atoms with E-state index in [-0.39, 0.29) is 41.4 Å². The van der Waals surface area contributed by atoms with Gasteiger partial charge < -0.3 is 14.6 Å². The van der Waals surface area contributed by atoms with Crippen LogP contribution in [0.1, 0.15) is 46.0 Å². The molecule has 0 atom stereocenters. The number of rotatable bonds is 6. The van der Waals surface area contributed by atoms with Crippen LogP contribution in [0.15, 0.2) is 18.2 Å². The monoisotopic (exact) mass is 378 g/mol. The Morgan fingerprint density at radius 3 is 2.37 bits per heavy atom. The number of carbonyl (C=O) groups excluding carboxylic acids is 3. The van der Waals surface area contributed by atoms with Gasteiger partial charge in [-0.05, 0) is 31.5 Å². The molecule has 0 aliphatic carbocycles. The fraction of sp³-hybridized carbons (Fsp3) is 0.316. The topological polar surface area (TPSA) is 79.5 Å². The number of aromatic amines is 1. The summed E-state index contributed by atoms with van der Waals surface area (Å²) in [6, 6.07) is 3.16. The molecule has 0 radical (unpaired) electrons. The lowest BCUT2D eigenvalue weighted by molar-refractivity contribution is -0.118. The summed E-state index contributed by atoms with van der Waals surface area (Å²) in [5.74, 6) is -3.49. The number of methoxy groups -OCH3 is 1. The Labute approximate surface area is 155 Å². The van der Waals surface area contributed by atoms with Crippen LogP contribution in [0.2, 0.25) is 0 Å². The van der Waals surface area contributed by atoms with Crippen molar-refractivity contribution in [1.29, 1.82) is 0 Å². The van der Waals surface area contributed by atoms with Gasteiger partial charge in [0, 0.05) is 30.9 Å². The highest BCUT2D eigenvalue weighted by Gasteiger charge is 2.26. The first-order valence-corrected chi connectivity index (χ1v) is 8.27. The molecule has 0 saturated carbocycles. The number of H-pyrrole nitrogens is 1. The summed E-state index contributed by atoms with van der Waals surface area (Å²) in [5.41, 5.74) is 1.16. The number of halogens is 2. The number of nitrogens with one attached hydrogen (secondary N) is 1. The molecule has 0 aliphatic heterocycles. The van der Waals surface area contributed by atoms with Crippen LogP contribution < -0.4 is 4.90 Å². The van der Waals surface area contributed by atoms with E-state index in [2.05, 4.69) is 4.98 Å². The number of Topliss-reactive ketones (excluding diaryl/α,β-unsaturated/α-hetero) is 1. The Morgan fingerprint density at radius 2 is 1.85 bits per heavy atom. The van der Waals surface area contributed by atoms with Gasteiger partial charge in [-0.1, -0.05) is 0 Å². The summed E-state index contributed by atoms with van der Waals surface area (Å²) in [6.07, 6.45) is -0.245. The van der Waals surface area contributed by atoms with E-state index in [9.17, 15) is 23.2 Å². The lowest BCUT2D eigenvalue weighted by atomic mass is 10.1. The second-order valence-electron chi connectivity index (χ2n) is 5.94. The van der Waals surface area contributed by atoms with Crippen LogP contribution in [0.5, 0.6) is 0 Å². The Bertz CT molecular complexity index is 905. The fourth-order valence-corrected chi connectivity index (χ4v) is 2.92. The number of ketones is 1. The number of carbonyl (C=O) groups is 3. The summed E-state index contributed by atoms with van der Waals surface area (Å²) in [6.45, 7) is 4.81. The predicted octanol–water partition coefficient (Wildman–Crippen LogP) is 3.19. The molecule has 2 aromatic rings. The third-order valence-corrected chi connectivity index (χ3v) is 4.23. The third kappa shape index (κ3) is 4.05. The largest absolute Gasteiger partial charge is 0.465 e. The molecular weight excluding hydrogens is 358 g/mol. The summed E-state index contributed by atoms with van der Waals surface area (Å²) in [5, 5.41) is 0. The van der Waals surface area contributed by atoms with Crippen molar-refractivity contribution >= 4 is 23.3 Å². The number of hydrogen-bond donors (Lipinski definition) is 1. The van der Waals surface area contributed by atoms with Gasteiger partial charge in [-0.2, -0.15) is 0 Å². The SMILES string of the molecule is CCN(C(=O)Cc1[nH]c(C(C)=O)c(C)c1C(=O)OC)c1ccc(F)c(F)c1. The number of amides is 1. The molecule has 0 spiro atoms. The van der Waals surface area contributed by atoms with Crippen molar-refractivity contribution in [2.24, 2.45) is 0 Å². The minimum absolute atomic E-state index is 0.123. The van der Waals surface area contributed by atoms with Gasteiger partial charge >= 0.3 is 5.97 Å². The first-order chi connectivity index (χ1) is 12.7. The quantitative estimate of drug-likeness (QED) is 0.618. The maximum absolute atomic E-state index is 13.5. The van der Waals surface area contributed by atoms with Crippen molar-refractivity contribution in [3.63, 3.8) is 0 Å². The maximum atomic E-state index is 13.5. The molecule has 1 aromatic heterocycles. The van der Waals surface area contributed by atoms with E-state index in [4.69, 9.17) is 4.74 Å². The summed E-state index contributed by atoms with van der Waals surface area (Å²) >= 11 is 0. The zero-order valence-corrected chi connectivity index (χ0v) is 15.5. The first-order valence-electron chi connectivity index (χ1n) is 8.27. The van der Waals surface area contributed by atoms with Crippen molar-refractivity contribution in [2.45, 2.75) is 27.2 Å².